The zero-order chi connectivity index (χ0) is 19.1. The van der Waals surface area contributed by atoms with Crippen molar-refractivity contribution in [2.24, 2.45) is 0 Å². The average Bonchev–Trinajstić information content (AvgIpc) is 3.12. The van der Waals surface area contributed by atoms with Gasteiger partial charge in [0.05, 0.1) is 0 Å². The molecule has 2 aliphatic carbocycles. The van der Waals surface area contributed by atoms with Crippen LogP contribution in [0.5, 0.6) is 0 Å². The Morgan fingerprint density at radius 1 is 0.750 bits per heavy atom. The zero-order valence-corrected chi connectivity index (χ0v) is 15.2. The first-order chi connectivity index (χ1) is 13.7. The van der Waals surface area contributed by atoms with Crippen LogP contribution in [0, 0.1) is 0 Å². The number of benzene rings is 3. The molecule has 0 spiro atoms. The molecule has 5 rings (SSSR count). The summed E-state index contributed by atoms with van der Waals surface area (Å²) in [5.74, 6) is -0.871. The molecule has 28 heavy (non-hydrogen) atoms. The fourth-order valence-electron chi connectivity index (χ4n) is 4.37. The lowest BCUT2D eigenvalue weighted by molar-refractivity contribution is -0.139. The highest BCUT2D eigenvalue weighted by Gasteiger charge is 2.46. The van der Waals surface area contributed by atoms with Crippen LogP contribution in [0.4, 0.5) is 0 Å². The van der Waals surface area contributed by atoms with Gasteiger partial charge in [-0.1, -0.05) is 97.1 Å². The molecule has 1 unspecified atom stereocenters. The van der Waals surface area contributed by atoms with E-state index in [9.17, 15) is 9.90 Å². The van der Waals surface area contributed by atoms with Crippen LogP contribution < -0.4 is 10.4 Å². The Bertz CT molecular complexity index is 1260. The molecule has 2 nitrogen and oxygen atoms in total. The molecule has 0 bridgehead atoms. The minimum absolute atomic E-state index is 0.758. The van der Waals surface area contributed by atoms with Gasteiger partial charge in [0.2, 0.25) is 0 Å². The van der Waals surface area contributed by atoms with Gasteiger partial charge in [-0.25, -0.2) is 0 Å². The number of hydrogen-bond acceptors (Lipinski definition) is 1. The second-order valence-corrected chi connectivity index (χ2v) is 7.11. The third kappa shape index (κ3) is 2.25. The van der Waals surface area contributed by atoms with Gasteiger partial charge >= 0.3 is 5.97 Å². The van der Waals surface area contributed by atoms with Crippen LogP contribution in [0.15, 0.2) is 103 Å². The van der Waals surface area contributed by atoms with Crippen LogP contribution in [0.25, 0.3) is 17.2 Å². The molecular weight excluding hydrogens is 344 g/mol. The SMILES string of the molecule is O=C(O)C1(c2ccccc2)C=CC2=c3ccccc3=CC2=C1c1ccccc1. The first-order valence-corrected chi connectivity index (χ1v) is 9.31. The van der Waals surface area contributed by atoms with E-state index in [2.05, 4.69) is 18.2 Å². The van der Waals surface area contributed by atoms with Gasteiger partial charge < -0.3 is 5.11 Å². The maximum Gasteiger partial charge on any atom is 0.322 e. The molecule has 0 aliphatic heterocycles. The van der Waals surface area contributed by atoms with Crippen LogP contribution in [-0.2, 0) is 10.2 Å². The molecule has 3 aromatic rings. The van der Waals surface area contributed by atoms with Gasteiger partial charge in [0.15, 0.2) is 0 Å². The summed E-state index contributed by atoms with van der Waals surface area (Å²) in [7, 11) is 0. The van der Waals surface area contributed by atoms with Gasteiger partial charge in [-0.3, -0.25) is 4.79 Å². The molecule has 0 saturated carbocycles. The Morgan fingerprint density at radius 3 is 2.11 bits per heavy atom. The van der Waals surface area contributed by atoms with Crippen LogP contribution in [0.1, 0.15) is 11.1 Å². The van der Waals surface area contributed by atoms with Crippen LogP contribution in [-0.4, -0.2) is 11.1 Å². The summed E-state index contributed by atoms with van der Waals surface area (Å²) < 4.78 is 0. The molecule has 0 heterocycles. The van der Waals surface area contributed by atoms with Crippen molar-refractivity contribution in [3.05, 3.63) is 124 Å². The zero-order valence-electron chi connectivity index (χ0n) is 15.2. The predicted octanol–water partition coefficient (Wildman–Crippen LogP) is 3.68. The molecule has 0 amide bonds. The Hall–Kier alpha value is -3.65. The molecule has 3 aromatic carbocycles. The molecular formula is C26H18O2. The van der Waals surface area contributed by atoms with Crippen molar-refractivity contribution < 1.29 is 9.90 Å². The number of carboxylic acid groups (broad SMARTS) is 1. The lowest BCUT2D eigenvalue weighted by Gasteiger charge is -2.34. The lowest BCUT2D eigenvalue weighted by atomic mass is 9.66. The van der Waals surface area contributed by atoms with E-state index >= 15 is 0 Å². The quantitative estimate of drug-likeness (QED) is 0.772. The Balaban J connectivity index is 1.93. The standard InChI is InChI=1S/C26H18O2/c27-25(28)26(20-12-5-2-6-13-20)16-15-22-21-14-8-7-11-19(21)17-23(22)24(26)18-9-3-1-4-10-18/h1-17H,(H,27,28). The number of rotatable bonds is 3. The highest BCUT2D eigenvalue weighted by molar-refractivity contribution is 6.11. The van der Waals surface area contributed by atoms with Crippen molar-refractivity contribution in [3.8, 4) is 0 Å². The van der Waals surface area contributed by atoms with Crippen molar-refractivity contribution >= 4 is 23.2 Å². The largest absolute Gasteiger partial charge is 0.480 e. The molecule has 0 radical (unpaired) electrons. The molecule has 134 valence electrons. The Kier molecular flexibility index (Phi) is 3.66. The molecule has 0 aromatic heterocycles. The summed E-state index contributed by atoms with van der Waals surface area (Å²) >= 11 is 0. The van der Waals surface area contributed by atoms with Crippen molar-refractivity contribution in [1.29, 1.82) is 0 Å². The summed E-state index contributed by atoms with van der Waals surface area (Å²) in [5.41, 5.74) is 3.34. The highest BCUT2D eigenvalue weighted by atomic mass is 16.4. The first kappa shape index (κ1) is 16.5. The normalized spacial score (nSPS) is 19.8. The number of allylic oxidation sites excluding steroid dienone is 2. The van der Waals surface area contributed by atoms with Gasteiger partial charge in [0, 0.05) is 0 Å². The van der Waals surface area contributed by atoms with Crippen LogP contribution >= 0.6 is 0 Å². The van der Waals surface area contributed by atoms with E-state index in [1.807, 2.05) is 84.9 Å². The molecule has 0 saturated heterocycles. The fraction of sp³-hybridized carbons (Fsp3) is 0.0385. The fourth-order valence-corrected chi connectivity index (χ4v) is 4.37. The first-order valence-electron chi connectivity index (χ1n) is 9.31. The van der Waals surface area contributed by atoms with Crippen molar-refractivity contribution in [1.82, 2.24) is 0 Å². The van der Waals surface area contributed by atoms with Gasteiger partial charge in [-0.2, -0.15) is 0 Å². The van der Waals surface area contributed by atoms with Crippen LogP contribution in [0.2, 0.25) is 0 Å². The van der Waals surface area contributed by atoms with Crippen molar-refractivity contribution in [3.63, 3.8) is 0 Å². The smallest absolute Gasteiger partial charge is 0.322 e. The summed E-state index contributed by atoms with van der Waals surface area (Å²) in [6, 6.07) is 27.6. The summed E-state index contributed by atoms with van der Waals surface area (Å²) in [4.78, 5) is 12.8. The number of carboxylic acids is 1. The molecule has 1 N–H and O–H groups in total. The van der Waals surface area contributed by atoms with E-state index in [1.165, 1.54) is 0 Å². The van der Waals surface area contributed by atoms with E-state index in [0.29, 0.717) is 0 Å². The van der Waals surface area contributed by atoms with Crippen LogP contribution in [0.3, 0.4) is 0 Å². The van der Waals surface area contributed by atoms with Gasteiger partial charge in [0.25, 0.3) is 0 Å². The molecule has 0 fully saturated rings. The summed E-state index contributed by atoms with van der Waals surface area (Å²) in [6.45, 7) is 0. The number of fused-ring (bicyclic) bond motifs is 2. The van der Waals surface area contributed by atoms with E-state index in [-0.39, 0.29) is 0 Å². The van der Waals surface area contributed by atoms with Gasteiger partial charge in [-0.15, -0.1) is 0 Å². The van der Waals surface area contributed by atoms with Crippen molar-refractivity contribution in [2.45, 2.75) is 5.41 Å². The number of carbonyl (C=O) groups is 1. The third-order valence-electron chi connectivity index (χ3n) is 5.63. The summed E-state index contributed by atoms with van der Waals surface area (Å²) in [6.07, 6.45) is 5.95. The van der Waals surface area contributed by atoms with E-state index in [1.54, 1.807) is 0 Å². The van der Waals surface area contributed by atoms with E-state index in [4.69, 9.17) is 0 Å². The highest BCUT2D eigenvalue weighted by Crippen LogP contribution is 2.48. The third-order valence-corrected chi connectivity index (χ3v) is 5.63. The maximum absolute atomic E-state index is 12.8. The second-order valence-electron chi connectivity index (χ2n) is 7.11. The average molecular weight is 362 g/mol. The maximum atomic E-state index is 12.8. The second kappa shape index (κ2) is 6.21. The topological polar surface area (TPSA) is 37.3 Å². The van der Waals surface area contributed by atoms with E-state index in [0.717, 1.165) is 38.3 Å². The summed E-state index contributed by atoms with van der Waals surface area (Å²) in [5, 5.41) is 12.8. The molecule has 2 aliphatic rings. The monoisotopic (exact) mass is 362 g/mol. The van der Waals surface area contributed by atoms with E-state index < -0.39 is 11.4 Å². The van der Waals surface area contributed by atoms with Gasteiger partial charge in [0.1, 0.15) is 5.41 Å². The van der Waals surface area contributed by atoms with Gasteiger partial charge in [-0.05, 0) is 44.4 Å². The van der Waals surface area contributed by atoms with Crippen molar-refractivity contribution in [2.75, 3.05) is 0 Å². The number of hydrogen-bond donors (Lipinski definition) is 1. The number of aliphatic carboxylic acids is 1. The minimum Gasteiger partial charge on any atom is -0.480 e. The Labute approximate surface area is 163 Å². The predicted molar refractivity (Wildman–Crippen MR) is 112 cm³/mol. The lowest BCUT2D eigenvalue weighted by Crippen LogP contribution is -2.37. The molecule has 1 atom stereocenters. The Morgan fingerprint density at radius 2 is 1.39 bits per heavy atom. The minimum atomic E-state index is -1.24. The molecule has 2 heteroatoms.